The summed E-state index contributed by atoms with van der Waals surface area (Å²) in [6, 6.07) is 13.2. The summed E-state index contributed by atoms with van der Waals surface area (Å²) in [5, 5.41) is 15.2. The zero-order valence-electron chi connectivity index (χ0n) is 14.2. The van der Waals surface area contributed by atoms with Crippen molar-refractivity contribution in [3.05, 3.63) is 53.9 Å². The second-order valence-electron chi connectivity index (χ2n) is 6.41. The Labute approximate surface area is 148 Å². The SMILES string of the molecule is N#Cc1cccc(Nc2ccc(C(=O)NC3CCCCCC3)nc2)c1. The number of carbonyl (C=O) groups is 1. The van der Waals surface area contributed by atoms with E-state index in [1.54, 1.807) is 24.4 Å². The molecule has 1 aliphatic rings. The van der Waals surface area contributed by atoms with E-state index in [2.05, 4.69) is 21.7 Å². The second kappa shape index (κ2) is 8.29. The highest BCUT2D eigenvalue weighted by molar-refractivity contribution is 5.92. The van der Waals surface area contributed by atoms with Crippen LogP contribution in [0.4, 0.5) is 11.4 Å². The van der Waals surface area contributed by atoms with Crippen molar-refractivity contribution in [3.63, 3.8) is 0 Å². The minimum atomic E-state index is -0.107. The minimum absolute atomic E-state index is 0.107. The molecule has 5 nitrogen and oxygen atoms in total. The molecule has 2 N–H and O–H groups in total. The van der Waals surface area contributed by atoms with E-state index in [1.165, 1.54) is 25.7 Å². The maximum absolute atomic E-state index is 12.3. The molecule has 1 amide bonds. The molecule has 5 heteroatoms. The predicted octanol–water partition coefficient (Wildman–Crippen LogP) is 4.15. The van der Waals surface area contributed by atoms with Crippen LogP contribution >= 0.6 is 0 Å². The lowest BCUT2D eigenvalue weighted by Gasteiger charge is -2.16. The van der Waals surface area contributed by atoms with Gasteiger partial charge < -0.3 is 10.6 Å². The number of benzene rings is 1. The van der Waals surface area contributed by atoms with Crippen molar-refractivity contribution >= 4 is 17.3 Å². The van der Waals surface area contributed by atoms with E-state index in [9.17, 15) is 4.79 Å². The van der Waals surface area contributed by atoms with Gasteiger partial charge in [0.25, 0.3) is 5.91 Å². The van der Waals surface area contributed by atoms with Crippen LogP contribution in [0.2, 0.25) is 0 Å². The van der Waals surface area contributed by atoms with Gasteiger partial charge in [-0.15, -0.1) is 0 Å². The van der Waals surface area contributed by atoms with Gasteiger partial charge in [0.2, 0.25) is 0 Å². The molecule has 1 aromatic carbocycles. The highest BCUT2D eigenvalue weighted by Crippen LogP contribution is 2.19. The number of nitrogens with one attached hydrogen (secondary N) is 2. The van der Waals surface area contributed by atoms with Crippen LogP contribution in [0.25, 0.3) is 0 Å². The Morgan fingerprint density at radius 3 is 2.56 bits per heavy atom. The summed E-state index contributed by atoms with van der Waals surface area (Å²) in [7, 11) is 0. The van der Waals surface area contributed by atoms with Crippen LogP contribution in [-0.4, -0.2) is 16.9 Å². The van der Waals surface area contributed by atoms with Crippen molar-refractivity contribution in [1.29, 1.82) is 5.26 Å². The van der Waals surface area contributed by atoms with E-state index in [0.717, 1.165) is 24.2 Å². The van der Waals surface area contributed by atoms with E-state index in [1.807, 2.05) is 18.2 Å². The molecule has 3 rings (SSSR count). The van der Waals surface area contributed by atoms with Crippen LogP contribution in [0.1, 0.15) is 54.6 Å². The summed E-state index contributed by atoms with van der Waals surface area (Å²) in [6.45, 7) is 0. The van der Waals surface area contributed by atoms with Crippen LogP contribution in [0.5, 0.6) is 0 Å². The van der Waals surface area contributed by atoms with E-state index >= 15 is 0 Å². The van der Waals surface area contributed by atoms with Crippen molar-refractivity contribution in [2.45, 2.75) is 44.6 Å². The van der Waals surface area contributed by atoms with Crippen LogP contribution in [-0.2, 0) is 0 Å². The molecule has 0 unspecified atom stereocenters. The Balaban J connectivity index is 1.61. The van der Waals surface area contributed by atoms with Gasteiger partial charge in [0, 0.05) is 11.7 Å². The first kappa shape index (κ1) is 17.0. The van der Waals surface area contributed by atoms with Gasteiger partial charge in [0.1, 0.15) is 5.69 Å². The molecule has 0 saturated heterocycles. The molecule has 0 atom stereocenters. The first-order valence-corrected chi connectivity index (χ1v) is 8.79. The maximum Gasteiger partial charge on any atom is 0.270 e. The molecule has 2 aromatic rings. The molecule has 1 heterocycles. The minimum Gasteiger partial charge on any atom is -0.354 e. The number of anilines is 2. The Bertz CT molecular complexity index is 756. The number of aromatic nitrogens is 1. The summed E-state index contributed by atoms with van der Waals surface area (Å²) in [5.74, 6) is -0.107. The summed E-state index contributed by atoms with van der Waals surface area (Å²) in [6.07, 6.45) is 8.64. The molecule has 1 fully saturated rings. The molecule has 0 aliphatic heterocycles. The Morgan fingerprint density at radius 1 is 1.08 bits per heavy atom. The third-order valence-electron chi connectivity index (χ3n) is 4.47. The summed E-state index contributed by atoms with van der Waals surface area (Å²) >= 11 is 0. The standard InChI is InChI=1S/C20H22N4O/c21-13-15-6-5-9-17(12-15)23-18-10-11-19(22-14-18)20(25)24-16-7-3-1-2-4-8-16/h5-6,9-12,14,16,23H,1-4,7-8H2,(H,24,25). The molecule has 1 aromatic heterocycles. The zero-order valence-corrected chi connectivity index (χ0v) is 14.2. The Morgan fingerprint density at radius 2 is 1.88 bits per heavy atom. The first-order chi connectivity index (χ1) is 12.2. The lowest BCUT2D eigenvalue weighted by molar-refractivity contribution is 0.0928. The number of nitrogens with zero attached hydrogens (tertiary/aromatic N) is 2. The van der Waals surface area contributed by atoms with Crippen LogP contribution in [0.3, 0.4) is 0 Å². The first-order valence-electron chi connectivity index (χ1n) is 8.79. The summed E-state index contributed by atoms with van der Waals surface area (Å²) < 4.78 is 0. The Kier molecular flexibility index (Phi) is 5.63. The molecule has 0 radical (unpaired) electrons. The second-order valence-corrected chi connectivity index (χ2v) is 6.41. The number of hydrogen-bond donors (Lipinski definition) is 2. The van der Waals surface area contributed by atoms with Crippen LogP contribution in [0.15, 0.2) is 42.6 Å². The van der Waals surface area contributed by atoms with Crippen LogP contribution < -0.4 is 10.6 Å². The van der Waals surface area contributed by atoms with Crippen molar-refractivity contribution in [2.24, 2.45) is 0 Å². The van der Waals surface area contributed by atoms with Crippen LogP contribution in [0, 0.1) is 11.3 Å². The molecule has 25 heavy (non-hydrogen) atoms. The van der Waals surface area contributed by atoms with Gasteiger partial charge in [0.15, 0.2) is 0 Å². The van der Waals surface area contributed by atoms with Gasteiger partial charge in [-0.1, -0.05) is 31.7 Å². The average molecular weight is 334 g/mol. The monoisotopic (exact) mass is 334 g/mol. The highest BCUT2D eigenvalue weighted by Gasteiger charge is 2.16. The Hall–Kier alpha value is -2.87. The van der Waals surface area contributed by atoms with Crippen molar-refractivity contribution in [1.82, 2.24) is 10.3 Å². The fraction of sp³-hybridized carbons (Fsp3) is 0.350. The molecule has 128 valence electrons. The summed E-state index contributed by atoms with van der Waals surface area (Å²) in [5.41, 5.74) is 2.62. The van der Waals surface area contributed by atoms with E-state index in [-0.39, 0.29) is 11.9 Å². The molecule has 0 bridgehead atoms. The van der Waals surface area contributed by atoms with Gasteiger partial charge in [0.05, 0.1) is 23.5 Å². The summed E-state index contributed by atoms with van der Waals surface area (Å²) in [4.78, 5) is 16.6. The van der Waals surface area contributed by atoms with Gasteiger partial charge >= 0.3 is 0 Å². The van der Waals surface area contributed by atoms with E-state index in [4.69, 9.17) is 5.26 Å². The molecular formula is C20H22N4O. The number of amides is 1. The lowest BCUT2D eigenvalue weighted by Crippen LogP contribution is -2.34. The normalized spacial score (nSPS) is 15.0. The third-order valence-corrected chi connectivity index (χ3v) is 4.47. The van der Waals surface area contributed by atoms with Gasteiger partial charge in [-0.2, -0.15) is 5.26 Å². The number of nitriles is 1. The number of carbonyl (C=O) groups excluding carboxylic acids is 1. The zero-order chi connectivity index (χ0) is 17.5. The predicted molar refractivity (Wildman–Crippen MR) is 97.6 cm³/mol. The van der Waals surface area contributed by atoms with Crippen molar-refractivity contribution in [3.8, 4) is 6.07 Å². The fourth-order valence-corrected chi connectivity index (χ4v) is 3.12. The number of hydrogen-bond acceptors (Lipinski definition) is 4. The van der Waals surface area contributed by atoms with Gasteiger partial charge in [-0.05, 0) is 43.2 Å². The van der Waals surface area contributed by atoms with E-state index in [0.29, 0.717) is 11.3 Å². The molecule has 1 aliphatic carbocycles. The number of rotatable bonds is 4. The van der Waals surface area contributed by atoms with Crippen molar-refractivity contribution in [2.75, 3.05) is 5.32 Å². The van der Waals surface area contributed by atoms with E-state index < -0.39 is 0 Å². The molecule has 1 saturated carbocycles. The van der Waals surface area contributed by atoms with Gasteiger partial charge in [-0.25, -0.2) is 4.98 Å². The highest BCUT2D eigenvalue weighted by atomic mass is 16.1. The molecular weight excluding hydrogens is 312 g/mol. The fourth-order valence-electron chi connectivity index (χ4n) is 3.12. The van der Waals surface area contributed by atoms with Gasteiger partial charge in [-0.3, -0.25) is 4.79 Å². The van der Waals surface area contributed by atoms with Crippen molar-refractivity contribution < 1.29 is 4.79 Å². The largest absolute Gasteiger partial charge is 0.354 e. The number of pyridine rings is 1. The topological polar surface area (TPSA) is 77.8 Å². The average Bonchev–Trinajstić information content (AvgIpc) is 2.91. The quantitative estimate of drug-likeness (QED) is 0.823. The molecule has 0 spiro atoms. The third kappa shape index (κ3) is 4.80. The smallest absolute Gasteiger partial charge is 0.270 e. The maximum atomic E-state index is 12.3. The lowest BCUT2D eigenvalue weighted by atomic mass is 10.1.